The first-order valence-corrected chi connectivity index (χ1v) is 6.86. The van der Waals surface area contributed by atoms with Crippen molar-refractivity contribution in [1.29, 1.82) is 0 Å². The average Bonchev–Trinajstić information content (AvgIpc) is 2.62. The Kier molecular flexibility index (Phi) is 21.8. The van der Waals surface area contributed by atoms with Gasteiger partial charge in [-0.3, -0.25) is 0 Å². The number of rotatable bonds is 10. The van der Waals surface area contributed by atoms with Gasteiger partial charge in [0.25, 0.3) is 0 Å². The molecule has 8 N–H and O–H groups in total. The van der Waals surface area contributed by atoms with E-state index in [1.807, 2.05) is 0 Å². The Hall–Kier alpha value is -0.421. The second kappa shape index (κ2) is 17.4. The molecule has 16 heteroatoms. The molecular weight excluding hydrogens is 495 g/mol. The van der Waals surface area contributed by atoms with Gasteiger partial charge in [-0.25, -0.2) is 0 Å². The normalized spacial score (nSPS) is 18.9. The minimum absolute atomic E-state index is 0. The minimum Gasteiger partial charge on any atom is -0.851 e. The van der Waals surface area contributed by atoms with E-state index < -0.39 is 74.0 Å². The number of aliphatic hydroxyl groups excluding tert-OH is 8. The molecule has 0 amide bonds. The fraction of sp³-hybridized carbons (Fsp3) is 0.833. The number of hydrogen-bond donors (Lipinski definition) is 8. The molecule has 0 heterocycles. The summed E-state index contributed by atoms with van der Waals surface area (Å²) in [7, 11) is 0. The van der Waals surface area contributed by atoms with Gasteiger partial charge in [0.2, 0.25) is 0 Å². The number of carboxylic acid groups (broad SMARTS) is 2. The van der Waals surface area contributed by atoms with Crippen molar-refractivity contribution in [2.45, 2.75) is 48.8 Å². The third-order valence-corrected chi connectivity index (χ3v) is 2.94. The van der Waals surface area contributed by atoms with Crippen LogP contribution in [0, 0.1) is 0 Å². The molecule has 0 unspecified atom stereocenters. The van der Waals surface area contributed by atoms with E-state index in [0.717, 1.165) is 0 Å². The third-order valence-electron chi connectivity index (χ3n) is 2.94. The van der Waals surface area contributed by atoms with Gasteiger partial charge in [-0.15, -0.1) is 6.10 Å². The summed E-state index contributed by atoms with van der Waals surface area (Å²) in [4.78, 5) is 19.9. The van der Waals surface area contributed by atoms with E-state index in [0.29, 0.717) is 0 Å². The van der Waals surface area contributed by atoms with Gasteiger partial charge >= 0.3 is 34.1 Å². The number of aliphatic hydroxyl groups is 8. The summed E-state index contributed by atoms with van der Waals surface area (Å²) in [6.07, 6.45) is -17.2. The maximum Gasteiger partial charge on any atom is 2.00 e. The molecule has 0 saturated carbocycles. The van der Waals surface area contributed by atoms with Crippen molar-refractivity contribution in [3.8, 4) is 0 Å². The van der Waals surface area contributed by atoms with Gasteiger partial charge in [0, 0.05) is 5.97 Å². The van der Waals surface area contributed by atoms with Crippen molar-refractivity contribution in [2.24, 2.45) is 0 Å². The van der Waals surface area contributed by atoms with Crippen LogP contribution in [0.25, 0.3) is 0 Å². The second-order valence-electron chi connectivity index (χ2n) is 4.94. The topological polar surface area (TPSA) is 288 Å². The van der Waals surface area contributed by atoms with Gasteiger partial charge in [0.15, 0.2) is 0 Å². The molecular formula is C12H20Cu2O14. The Morgan fingerprint density at radius 3 is 1.32 bits per heavy atom. The summed E-state index contributed by atoms with van der Waals surface area (Å²) >= 11 is 0. The van der Waals surface area contributed by atoms with Crippen LogP contribution < -0.4 is 20.4 Å². The molecule has 0 aromatic rings. The molecule has 0 fully saturated rings. The summed E-state index contributed by atoms with van der Waals surface area (Å²) in [5.74, 6) is -4.12. The van der Waals surface area contributed by atoms with E-state index in [1.165, 1.54) is 0 Å². The maximum absolute atomic E-state index is 10.7. The Bertz CT molecular complexity index is 389. The molecule has 0 bridgehead atoms. The zero-order valence-electron chi connectivity index (χ0n) is 13.7. The van der Waals surface area contributed by atoms with Gasteiger partial charge in [0.1, 0.15) is 30.5 Å². The first kappa shape index (κ1) is 35.0. The van der Waals surface area contributed by atoms with Crippen molar-refractivity contribution in [3.63, 3.8) is 0 Å². The Labute approximate surface area is 179 Å². The molecule has 8 atom stereocenters. The maximum atomic E-state index is 10.7. The summed E-state index contributed by atoms with van der Waals surface area (Å²) in [5, 5.41) is 110. The molecule has 28 heavy (non-hydrogen) atoms. The Morgan fingerprint density at radius 1 is 0.679 bits per heavy atom. The van der Waals surface area contributed by atoms with Crippen molar-refractivity contribution in [1.82, 2.24) is 0 Å². The van der Waals surface area contributed by atoms with Crippen LogP contribution in [0.4, 0.5) is 0 Å². The predicted molar refractivity (Wildman–Crippen MR) is 67.8 cm³/mol. The van der Waals surface area contributed by atoms with Gasteiger partial charge in [-0.2, -0.15) is 0 Å². The van der Waals surface area contributed by atoms with Crippen LogP contribution in [0.3, 0.4) is 0 Å². The van der Waals surface area contributed by atoms with Crippen LogP contribution in [0.5, 0.6) is 0 Å². The van der Waals surface area contributed by atoms with E-state index in [-0.39, 0.29) is 34.1 Å². The smallest absolute Gasteiger partial charge is 0.851 e. The standard InChI is InChI=1S/C6H12O7.C6H10O7.2Cu/c2*7-1-2(8)3(9)4(10)5(11)6(12)13;;/h2-5,7-11H,1H2,(H,12,13);2-5,7-9H,1H2,(H,12,13);;/q;-2;2*+2/p-2/t2*2-,3-,4+,5-;;/m11../s1. The molecule has 2 radical (unpaired) electrons. The van der Waals surface area contributed by atoms with Gasteiger partial charge in [-0.1, -0.05) is 6.10 Å². The van der Waals surface area contributed by atoms with Gasteiger partial charge in [-0.05, 0) is 0 Å². The largest absolute Gasteiger partial charge is 2.00 e. The molecule has 0 spiro atoms. The molecule has 0 aliphatic heterocycles. The molecule has 0 aliphatic rings. The van der Waals surface area contributed by atoms with E-state index in [2.05, 4.69) is 0 Å². The minimum atomic E-state index is -2.67. The number of carbonyl (C=O) groups excluding carboxylic acids is 2. The number of carbonyl (C=O) groups is 2. The van der Waals surface area contributed by atoms with Crippen LogP contribution in [-0.2, 0) is 43.7 Å². The monoisotopic (exact) mass is 514 g/mol. The van der Waals surface area contributed by atoms with E-state index in [9.17, 15) is 30.0 Å². The van der Waals surface area contributed by atoms with Crippen LogP contribution in [0.1, 0.15) is 0 Å². The van der Waals surface area contributed by atoms with E-state index in [4.69, 9.17) is 40.9 Å². The number of hydrogen-bond acceptors (Lipinski definition) is 14. The summed E-state index contributed by atoms with van der Waals surface area (Å²) < 4.78 is 0. The molecule has 174 valence electrons. The van der Waals surface area contributed by atoms with Crippen LogP contribution >= 0.6 is 0 Å². The fourth-order valence-electron chi connectivity index (χ4n) is 1.30. The zero-order valence-corrected chi connectivity index (χ0v) is 15.5. The van der Waals surface area contributed by atoms with E-state index in [1.54, 1.807) is 0 Å². The SMILES string of the molecule is O=C([O-])[C@H](O)[C@@H](O)[C@H](O)[C@H](O)CO.O=C([O-])[C@H]([O-])[C@@H]([O-])[C@H](O)[C@H](O)CO.[Cu+2].[Cu+2]. The average molecular weight is 515 g/mol. The molecule has 0 aromatic carbocycles. The molecule has 0 aliphatic carbocycles. The molecule has 14 nitrogen and oxygen atoms in total. The Morgan fingerprint density at radius 2 is 1.04 bits per heavy atom. The van der Waals surface area contributed by atoms with Gasteiger partial charge in [0.05, 0.1) is 25.3 Å². The fourth-order valence-corrected chi connectivity index (χ4v) is 1.30. The Balaban J connectivity index is -0.000000192. The quantitative estimate of drug-likeness (QED) is 0.125. The number of carboxylic acids is 2. The van der Waals surface area contributed by atoms with E-state index >= 15 is 0 Å². The van der Waals surface area contributed by atoms with Crippen molar-refractivity contribution in [2.75, 3.05) is 13.2 Å². The molecule has 0 rings (SSSR count). The van der Waals surface area contributed by atoms with Crippen LogP contribution in [0.2, 0.25) is 0 Å². The van der Waals surface area contributed by atoms with Gasteiger partial charge < -0.3 is 70.9 Å². The summed E-state index contributed by atoms with van der Waals surface area (Å²) in [5.41, 5.74) is 0. The van der Waals surface area contributed by atoms with Crippen molar-refractivity contribution >= 4 is 11.9 Å². The number of aliphatic carboxylic acids is 2. The van der Waals surface area contributed by atoms with Crippen molar-refractivity contribution in [3.05, 3.63) is 0 Å². The second-order valence-corrected chi connectivity index (χ2v) is 4.94. The predicted octanol–water partition coefficient (Wildman–Crippen LogP) is -10.9. The zero-order chi connectivity index (χ0) is 21.2. The first-order valence-electron chi connectivity index (χ1n) is 6.86. The van der Waals surface area contributed by atoms with Crippen LogP contribution in [-0.4, -0.2) is 115 Å². The molecule has 0 saturated heterocycles. The summed E-state index contributed by atoms with van der Waals surface area (Å²) in [6, 6.07) is 0. The molecule has 0 aromatic heterocycles. The van der Waals surface area contributed by atoms with Crippen LogP contribution in [0.15, 0.2) is 0 Å². The first-order chi connectivity index (χ1) is 11.8. The summed E-state index contributed by atoms with van der Waals surface area (Å²) in [6.45, 7) is -1.79. The van der Waals surface area contributed by atoms with Crippen molar-refractivity contribution < 1.29 is 105 Å². The third kappa shape index (κ3) is 12.2.